The summed E-state index contributed by atoms with van der Waals surface area (Å²) in [7, 11) is 0. The molecule has 0 spiro atoms. The highest BCUT2D eigenvalue weighted by molar-refractivity contribution is 5.99. The summed E-state index contributed by atoms with van der Waals surface area (Å²) in [6, 6.07) is 6.18. The lowest BCUT2D eigenvalue weighted by atomic mass is 10.1. The minimum Gasteiger partial charge on any atom is -0.481 e. The van der Waals surface area contributed by atoms with E-state index in [9.17, 15) is 9.59 Å². The Morgan fingerprint density at radius 2 is 2.00 bits per heavy atom. The van der Waals surface area contributed by atoms with Gasteiger partial charge in [-0.15, -0.1) is 0 Å². The van der Waals surface area contributed by atoms with Crippen LogP contribution in [0.2, 0.25) is 0 Å². The van der Waals surface area contributed by atoms with Crippen LogP contribution in [0.5, 0.6) is 5.75 Å². The highest BCUT2D eigenvalue weighted by Crippen LogP contribution is 2.26. The molecule has 0 saturated carbocycles. The molecule has 6 heteroatoms. The van der Waals surface area contributed by atoms with E-state index in [2.05, 4.69) is 4.89 Å². The average molecular weight is 237 g/mol. The van der Waals surface area contributed by atoms with Gasteiger partial charge in [0, 0.05) is 18.7 Å². The maximum absolute atomic E-state index is 11.6. The third-order valence-electron chi connectivity index (χ3n) is 2.73. The Labute approximate surface area is 97.0 Å². The zero-order valence-corrected chi connectivity index (χ0v) is 8.87. The van der Waals surface area contributed by atoms with E-state index in [-0.39, 0.29) is 24.6 Å². The van der Waals surface area contributed by atoms with Gasteiger partial charge in [0.1, 0.15) is 0 Å². The summed E-state index contributed by atoms with van der Waals surface area (Å²) in [5.41, 5.74) is 0.597. The van der Waals surface area contributed by atoms with Crippen LogP contribution >= 0.6 is 0 Å². The van der Waals surface area contributed by atoms with E-state index in [1.165, 1.54) is 17.0 Å². The molecule has 0 radical (unpaired) electrons. The van der Waals surface area contributed by atoms with Gasteiger partial charge in [0.2, 0.25) is 5.91 Å². The zero-order valence-electron chi connectivity index (χ0n) is 8.87. The van der Waals surface area contributed by atoms with Crippen LogP contribution in [0.3, 0.4) is 0 Å². The molecule has 17 heavy (non-hydrogen) atoms. The second-order valence-corrected chi connectivity index (χ2v) is 3.83. The summed E-state index contributed by atoms with van der Waals surface area (Å²) in [6.07, 6.45) is 0.0214. The van der Waals surface area contributed by atoms with Gasteiger partial charge in [-0.05, 0) is 24.3 Å². The molecular formula is C11H11NO5. The number of carbonyl (C=O) groups excluding carboxylic acids is 1. The lowest BCUT2D eigenvalue weighted by Gasteiger charge is -2.15. The predicted octanol–water partition coefficient (Wildman–Crippen LogP) is 0.976. The quantitative estimate of drug-likeness (QED) is 0.604. The van der Waals surface area contributed by atoms with E-state index in [4.69, 9.17) is 10.4 Å². The molecule has 2 N–H and O–H groups in total. The third-order valence-corrected chi connectivity index (χ3v) is 2.73. The van der Waals surface area contributed by atoms with E-state index < -0.39 is 11.9 Å². The van der Waals surface area contributed by atoms with Crippen molar-refractivity contribution in [1.29, 1.82) is 0 Å². The number of hydrogen-bond donors (Lipinski definition) is 2. The van der Waals surface area contributed by atoms with Crippen LogP contribution in [0.25, 0.3) is 0 Å². The molecule has 1 amide bonds. The number of amides is 1. The van der Waals surface area contributed by atoms with Crippen molar-refractivity contribution in [2.45, 2.75) is 6.42 Å². The van der Waals surface area contributed by atoms with Gasteiger partial charge in [0.05, 0.1) is 5.92 Å². The van der Waals surface area contributed by atoms with E-state index in [0.29, 0.717) is 5.69 Å². The van der Waals surface area contributed by atoms with Crippen molar-refractivity contribution in [2.24, 2.45) is 5.92 Å². The molecule has 1 aromatic rings. The van der Waals surface area contributed by atoms with Crippen molar-refractivity contribution in [3.05, 3.63) is 24.3 Å². The Kier molecular flexibility index (Phi) is 2.97. The Bertz CT molecular complexity index is 442. The topological polar surface area (TPSA) is 87.1 Å². The van der Waals surface area contributed by atoms with E-state index >= 15 is 0 Å². The molecule has 1 heterocycles. The fourth-order valence-corrected chi connectivity index (χ4v) is 1.81. The number of anilines is 1. The number of rotatable bonds is 3. The third kappa shape index (κ3) is 2.21. The fourth-order valence-electron chi connectivity index (χ4n) is 1.81. The molecule has 0 bridgehead atoms. The lowest BCUT2D eigenvalue weighted by molar-refractivity contribution is -0.141. The van der Waals surface area contributed by atoms with Crippen molar-refractivity contribution in [2.75, 3.05) is 11.4 Å². The highest BCUT2D eigenvalue weighted by Gasteiger charge is 2.34. The van der Waals surface area contributed by atoms with Crippen molar-refractivity contribution in [1.82, 2.24) is 0 Å². The summed E-state index contributed by atoms with van der Waals surface area (Å²) in [4.78, 5) is 27.9. The van der Waals surface area contributed by atoms with Crippen LogP contribution in [-0.2, 0) is 9.59 Å². The largest absolute Gasteiger partial charge is 0.481 e. The van der Waals surface area contributed by atoms with Crippen LogP contribution in [0.15, 0.2) is 24.3 Å². The van der Waals surface area contributed by atoms with E-state index in [1.54, 1.807) is 12.1 Å². The number of carboxylic acid groups (broad SMARTS) is 1. The molecule has 1 aromatic carbocycles. The van der Waals surface area contributed by atoms with Crippen molar-refractivity contribution >= 4 is 17.6 Å². The van der Waals surface area contributed by atoms with Crippen LogP contribution < -0.4 is 9.79 Å². The van der Waals surface area contributed by atoms with Crippen LogP contribution in [0.1, 0.15) is 6.42 Å². The van der Waals surface area contributed by atoms with Crippen LogP contribution in [0, 0.1) is 5.92 Å². The van der Waals surface area contributed by atoms with Gasteiger partial charge in [-0.25, -0.2) is 5.26 Å². The average Bonchev–Trinajstić information content (AvgIpc) is 2.72. The minimum absolute atomic E-state index is 0.0214. The van der Waals surface area contributed by atoms with Crippen LogP contribution in [-0.4, -0.2) is 28.8 Å². The number of carbonyl (C=O) groups is 2. The van der Waals surface area contributed by atoms with Gasteiger partial charge >= 0.3 is 5.97 Å². The number of nitrogens with zero attached hydrogens (tertiary/aromatic N) is 1. The molecule has 1 atom stereocenters. The molecule has 0 aliphatic carbocycles. The Morgan fingerprint density at radius 3 is 2.47 bits per heavy atom. The van der Waals surface area contributed by atoms with Crippen molar-refractivity contribution in [3.63, 3.8) is 0 Å². The molecular weight excluding hydrogens is 226 g/mol. The molecule has 6 nitrogen and oxygen atoms in total. The molecule has 1 fully saturated rings. The molecule has 0 aromatic heterocycles. The Hall–Kier alpha value is -2.08. The van der Waals surface area contributed by atoms with Gasteiger partial charge in [-0.1, -0.05) is 0 Å². The highest BCUT2D eigenvalue weighted by atomic mass is 17.1. The first-order valence-corrected chi connectivity index (χ1v) is 5.06. The second-order valence-electron chi connectivity index (χ2n) is 3.83. The lowest BCUT2D eigenvalue weighted by Crippen LogP contribution is -2.25. The maximum atomic E-state index is 11.6. The number of carboxylic acids is 1. The van der Waals surface area contributed by atoms with E-state index in [1.807, 2.05) is 0 Å². The second kappa shape index (κ2) is 4.42. The smallest absolute Gasteiger partial charge is 0.308 e. The molecule has 2 rings (SSSR count). The standard InChI is InChI=1S/C11H11NO5/c13-10-5-7(11(14)15)6-12(10)8-1-3-9(17-16)4-2-8/h1-4,7,16H,5-6H2,(H,14,15). The fraction of sp³-hybridized carbons (Fsp3) is 0.273. The number of aliphatic carboxylic acids is 1. The Morgan fingerprint density at radius 1 is 1.35 bits per heavy atom. The van der Waals surface area contributed by atoms with Gasteiger partial charge in [-0.2, -0.15) is 0 Å². The summed E-state index contributed by atoms with van der Waals surface area (Å²) in [5, 5.41) is 17.2. The first-order valence-electron chi connectivity index (χ1n) is 5.06. The summed E-state index contributed by atoms with van der Waals surface area (Å²) in [6.45, 7) is 0.174. The first kappa shape index (κ1) is 11.4. The van der Waals surface area contributed by atoms with E-state index in [0.717, 1.165) is 0 Å². The first-order chi connectivity index (χ1) is 8.11. The number of benzene rings is 1. The van der Waals surface area contributed by atoms with Crippen molar-refractivity contribution < 1.29 is 24.8 Å². The maximum Gasteiger partial charge on any atom is 0.308 e. The molecule has 1 aliphatic heterocycles. The van der Waals surface area contributed by atoms with Gasteiger partial charge in [0.15, 0.2) is 5.75 Å². The summed E-state index contributed by atoms with van der Waals surface area (Å²) in [5.74, 6) is -1.57. The molecule has 1 saturated heterocycles. The van der Waals surface area contributed by atoms with Crippen LogP contribution in [0.4, 0.5) is 5.69 Å². The zero-order chi connectivity index (χ0) is 12.4. The predicted molar refractivity (Wildman–Crippen MR) is 57.8 cm³/mol. The molecule has 90 valence electrons. The normalized spacial score (nSPS) is 19.5. The SMILES string of the molecule is O=C(O)C1CC(=O)N(c2ccc(OO)cc2)C1. The summed E-state index contributed by atoms with van der Waals surface area (Å²) < 4.78 is 0. The number of hydrogen-bond acceptors (Lipinski definition) is 4. The van der Waals surface area contributed by atoms with Gasteiger partial charge in [0.25, 0.3) is 0 Å². The van der Waals surface area contributed by atoms with Crippen molar-refractivity contribution in [3.8, 4) is 5.75 Å². The minimum atomic E-state index is -0.962. The summed E-state index contributed by atoms with van der Waals surface area (Å²) >= 11 is 0. The molecule has 1 aliphatic rings. The Balaban J connectivity index is 2.17. The monoisotopic (exact) mass is 237 g/mol. The molecule has 1 unspecified atom stereocenters. The van der Waals surface area contributed by atoms with Gasteiger partial charge in [-0.3, -0.25) is 9.59 Å². The van der Waals surface area contributed by atoms with Gasteiger partial charge < -0.3 is 14.9 Å².